The molecule has 2 aromatic carbocycles. The first-order valence-corrected chi connectivity index (χ1v) is 8.25. The number of halogens is 2. The van der Waals surface area contributed by atoms with Gasteiger partial charge < -0.3 is 9.15 Å². The number of aromatic nitrogens is 2. The molecule has 3 aromatic rings. The highest BCUT2D eigenvalue weighted by Crippen LogP contribution is 2.25. The first kappa shape index (κ1) is 16.4. The number of ether oxygens (including phenoxy) is 1. The predicted octanol–water partition coefficient (Wildman–Crippen LogP) is 4.67. The van der Waals surface area contributed by atoms with E-state index >= 15 is 0 Å². The van der Waals surface area contributed by atoms with Gasteiger partial charge in [-0.2, -0.15) is 8.78 Å². The molecule has 0 bridgehead atoms. The molecule has 0 saturated carbocycles. The minimum absolute atomic E-state index is 0.0886. The zero-order valence-electron chi connectivity index (χ0n) is 12.6. The van der Waals surface area contributed by atoms with Crippen molar-refractivity contribution in [2.45, 2.75) is 18.3 Å². The Morgan fingerprint density at radius 2 is 1.75 bits per heavy atom. The van der Waals surface area contributed by atoms with Gasteiger partial charge in [0, 0.05) is 11.3 Å². The molecule has 0 N–H and O–H groups in total. The van der Waals surface area contributed by atoms with Crippen LogP contribution >= 0.6 is 11.8 Å². The molecule has 0 fully saturated rings. The predicted molar refractivity (Wildman–Crippen MR) is 87.2 cm³/mol. The third kappa shape index (κ3) is 4.55. The quantitative estimate of drug-likeness (QED) is 0.581. The van der Waals surface area contributed by atoms with Crippen LogP contribution < -0.4 is 4.74 Å². The molecule has 0 aliphatic rings. The van der Waals surface area contributed by atoms with Gasteiger partial charge in [0.2, 0.25) is 5.89 Å². The lowest BCUT2D eigenvalue weighted by Crippen LogP contribution is -2.01. The molecule has 124 valence electrons. The van der Waals surface area contributed by atoms with Gasteiger partial charge in [0.1, 0.15) is 5.75 Å². The van der Waals surface area contributed by atoms with Crippen LogP contribution in [0.1, 0.15) is 5.56 Å². The van der Waals surface area contributed by atoms with E-state index in [4.69, 9.17) is 4.42 Å². The van der Waals surface area contributed by atoms with Gasteiger partial charge in [-0.1, -0.05) is 42.1 Å². The molecule has 24 heavy (non-hydrogen) atoms. The monoisotopic (exact) mass is 348 g/mol. The number of hydrogen-bond donors (Lipinski definition) is 0. The van der Waals surface area contributed by atoms with Crippen molar-refractivity contribution in [2.24, 2.45) is 0 Å². The van der Waals surface area contributed by atoms with Crippen molar-refractivity contribution in [1.29, 1.82) is 0 Å². The summed E-state index contributed by atoms with van der Waals surface area (Å²) >= 11 is 1.48. The lowest BCUT2D eigenvalue weighted by molar-refractivity contribution is -0.0498. The summed E-state index contributed by atoms with van der Waals surface area (Å²) < 4.78 is 34.1. The van der Waals surface area contributed by atoms with Crippen LogP contribution in [-0.2, 0) is 6.42 Å². The minimum atomic E-state index is -2.84. The number of benzene rings is 2. The molecular formula is C17H14F2N2O2S. The van der Waals surface area contributed by atoms with Crippen LogP contribution in [-0.4, -0.2) is 22.6 Å². The smallest absolute Gasteiger partial charge is 0.387 e. The summed E-state index contributed by atoms with van der Waals surface area (Å²) in [6.07, 6.45) is 0.906. The molecule has 0 radical (unpaired) electrons. The van der Waals surface area contributed by atoms with Gasteiger partial charge in [-0.3, -0.25) is 0 Å². The third-order valence-corrected chi connectivity index (χ3v) is 4.01. The maximum atomic E-state index is 12.1. The largest absolute Gasteiger partial charge is 0.435 e. The molecule has 0 saturated heterocycles. The van der Waals surface area contributed by atoms with Crippen molar-refractivity contribution in [3.05, 3.63) is 60.2 Å². The standard InChI is InChI=1S/C17H14F2N2O2S/c18-16(19)22-14-8-6-13(7-9-14)15-20-21-17(23-15)24-11-10-12-4-2-1-3-5-12/h1-9,16H,10-11H2. The number of hydrogen-bond acceptors (Lipinski definition) is 5. The Labute approximate surface area is 141 Å². The Balaban J connectivity index is 1.57. The van der Waals surface area contributed by atoms with E-state index in [9.17, 15) is 8.78 Å². The van der Waals surface area contributed by atoms with Gasteiger partial charge in [-0.15, -0.1) is 10.2 Å². The minimum Gasteiger partial charge on any atom is -0.435 e. The van der Waals surface area contributed by atoms with E-state index in [0.29, 0.717) is 16.7 Å². The maximum Gasteiger partial charge on any atom is 0.387 e. The Bertz CT molecular complexity index is 764. The second-order valence-electron chi connectivity index (χ2n) is 4.86. The van der Waals surface area contributed by atoms with Gasteiger partial charge in [0.25, 0.3) is 5.22 Å². The Kier molecular flexibility index (Phi) is 5.43. The van der Waals surface area contributed by atoms with Crippen molar-refractivity contribution < 1.29 is 17.9 Å². The van der Waals surface area contributed by atoms with Gasteiger partial charge in [-0.05, 0) is 36.2 Å². The fourth-order valence-electron chi connectivity index (χ4n) is 2.06. The molecule has 3 rings (SSSR count). The topological polar surface area (TPSA) is 48.2 Å². The van der Waals surface area contributed by atoms with E-state index in [0.717, 1.165) is 12.2 Å². The molecule has 0 aliphatic heterocycles. The van der Waals surface area contributed by atoms with Gasteiger partial charge >= 0.3 is 6.61 Å². The van der Waals surface area contributed by atoms with Crippen LogP contribution in [0.15, 0.2) is 64.2 Å². The van der Waals surface area contributed by atoms with Crippen LogP contribution in [0.3, 0.4) is 0 Å². The van der Waals surface area contributed by atoms with Crippen LogP contribution in [0.4, 0.5) is 8.78 Å². The van der Waals surface area contributed by atoms with Crippen LogP contribution in [0, 0.1) is 0 Å². The van der Waals surface area contributed by atoms with Crippen LogP contribution in [0.5, 0.6) is 5.75 Å². The molecule has 0 atom stereocenters. The highest BCUT2D eigenvalue weighted by atomic mass is 32.2. The fourth-order valence-corrected chi connectivity index (χ4v) is 2.81. The molecule has 0 amide bonds. The molecule has 4 nitrogen and oxygen atoms in total. The lowest BCUT2D eigenvalue weighted by Gasteiger charge is -2.03. The van der Waals surface area contributed by atoms with Crippen molar-refractivity contribution in [3.63, 3.8) is 0 Å². The van der Waals surface area contributed by atoms with E-state index in [2.05, 4.69) is 27.1 Å². The van der Waals surface area contributed by atoms with Gasteiger partial charge in [0.15, 0.2) is 0 Å². The van der Waals surface area contributed by atoms with Gasteiger partial charge in [-0.25, -0.2) is 0 Å². The number of rotatable bonds is 7. The number of nitrogens with zero attached hydrogens (tertiary/aromatic N) is 2. The first-order chi connectivity index (χ1) is 11.7. The number of alkyl halides is 2. The third-order valence-electron chi connectivity index (χ3n) is 3.19. The highest BCUT2D eigenvalue weighted by molar-refractivity contribution is 7.99. The van der Waals surface area contributed by atoms with Crippen molar-refractivity contribution in [2.75, 3.05) is 5.75 Å². The Hall–Kier alpha value is -2.41. The molecule has 1 heterocycles. The maximum absolute atomic E-state index is 12.1. The fraction of sp³-hybridized carbons (Fsp3) is 0.176. The molecule has 7 heteroatoms. The number of thioether (sulfide) groups is 1. The first-order valence-electron chi connectivity index (χ1n) is 7.26. The summed E-state index contributed by atoms with van der Waals surface area (Å²) in [4.78, 5) is 0. The van der Waals surface area contributed by atoms with Crippen LogP contribution in [0.25, 0.3) is 11.5 Å². The highest BCUT2D eigenvalue weighted by Gasteiger charge is 2.10. The van der Waals surface area contributed by atoms with Crippen LogP contribution in [0.2, 0.25) is 0 Å². The van der Waals surface area contributed by atoms with E-state index in [1.165, 1.54) is 29.5 Å². The zero-order valence-corrected chi connectivity index (χ0v) is 13.4. The zero-order chi connectivity index (χ0) is 16.8. The number of aryl methyl sites for hydroxylation is 1. The SMILES string of the molecule is FC(F)Oc1ccc(-c2nnc(SCCc3ccccc3)o2)cc1. The summed E-state index contributed by atoms with van der Waals surface area (Å²) in [6.45, 7) is -2.84. The van der Waals surface area contributed by atoms with Gasteiger partial charge in [0.05, 0.1) is 0 Å². The molecule has 0 unspecified atom stereocenters. The lowest BCUT2D eigenvalue weighted by atomic mass is 10.2. The summed E-state index contributed by atoms with van der Waals surface area (Å²) in [7, 11) is 0. The second kappa shape index (κ2) is 7.92. The normalized spacial score (nSPS) is 11.0. The molecule has 0 spiro atoms. The second-order valence-corrected chi connectivity index (χ2v) is 5.91. The van der Waals surface area contributed by atoms with E-state index in [-0.39, 0.29) is 5.75 Å². The summed E-state index contributed by atoms with van der Waals surface area (Å²) in [5.74, 6) is 1.26. The molecular weight excluding hydrogens is 334 g/mol. The van der Waals surface area contributed by atoms with Crippen molar-refractivity contribution in [1.82, 2.24) is 10.2 Å². The van der Waals surface area contributed by atoms with E-state index in [1.54, 1.807) is 12.1 Å². The van der Waals surface area contributed by atoms with E-state index < -0.39 is 6.61 Å². The Morgan fingerprint density at radius 3 is 2.46 bits per heavy atom. The van der Waals surface area contributed by atoms with Crippen molar-refractivity contribution in [3.8, 4) is 17.2 Å². The van der Waals surface area contributed by atoms with E-state index in [1.807, 2.05) is 18.2 Å². The summed E-state index contributed by atoms with van der Waals surface area (Å²) in [6, 6.07) is 16.2. The Morgan fingerprint density at radius 1 is 1.00 bits per heavy atom. The average Bonchev–Trinajstić information content (AvgIpc) is 3.05. The molecule has 1 aromatic heterocycles. The van der Waals surface area contributed by atoms with Crippen molar-refractivity contribution >= 4 is 11.8 Å². The summed E-state index contributed by atoms with van der Waals surface area (Å²) in [5, 5.41) is 8.45. The average molecular weight is 348 g/mol. The molecule has 0 aliphatic carbocycles. The summed E-state index contributed by atoms with van der Waals surface area (Å²) in [5.41, 5.74) is 1.90.